The van der Waals surface area contributed by atoms with Crippen LogP contribution in [0.15, 0.2) is 59.6 Å². The van der Waals surface area contributed by atoms with Crippen molar-refractivity contribution in [1.82, 2.24) is 10.6 Å². The summed E-state index contributed by atoms with van der Waals surface area (Å²) in [5.74, 6) is 0.708. The van der Waals surface area contributed by atoms with Crippen LogP contribution in [0.3, 0.4) is 0 Å². The molecule has 0 bridgehead atoms. The molecule has 0 saturated carbocycles. The van der Waals surface area contributed by atoms with Crippen molar-refractivity contribution in [3.05, 3.63) is 65.0 Å². The third-order valence-electron chi connectivity index (χ3n) is 4.45. The quantitative estimate of drug-likeness (QED) is 0.420. The van der Waals surface area contributed by atoms with E-state index >= 15 is 0 Å². The van der Waals surface area contributed by atoms with Crippen LogP contribution in [0.1, 0.15) is 23.5 Å². The third kappa shape index (κ3) is 5.24. The maximum atomic E-state index is 10.6. The van der Waals surface area contributed by atoms with E-state index in [-0.39, 0.29) is 0 Å². The Morgan fingerprint density at radius 2 is 1.86 bits per heavy atom. The van der Waals surface area contributed by atoms with Crippen LogP contribution in [0.2, 0.25) is 0 Å². The topological polar surface area (TPSA) is 59.9 Å². The van der Waals surface area contributed by atoms with E-state index in [1.165, 1.54) is 15.8 Å². The van der Waals surface area contributed by atoms with Gasteiger partial charge in [-0.15, -0.1) is 11.3 Å². The molecule has 0 saturated heterocycles. The SMILES string of the molecule is CCNC(=NCc1ccc(N(C)C)cc1)NCC(O)c1cc2ccccc2s1. The standard InChI is InChI=1S/C22H28N4OS/c1-4-23-22(24-14-16-9-11-18(12-10-16)26(2)3)25-15-19(27)21-13-17-7-5-6-8-20(17)28-21/h5-13,19,27H,4,14-15H2,1-3H3,(H2,23,24,25). The minimum atomic E-state index is -0.569. The highest BCUT2D eigenvalue weighted by molar-refractivity contribution is 7.19. The molecule has 148 valence electrons. The Hall–Kier alpha value is -2.57. The molecule has 3 rings (SSSR count). The molecule has 0 aliphatic carbocycles. The molecule has 0 fully saturated rings. The van der Waals surface area contributed by atoms with Gasteiger partial charge >= 0.3 is 0 Å². The monoisotopic (exact) mass is 396 g/mol. The second-order valence-corrected chi connectivity index (χ2v) is 7.95. The van der Waals surface area contributed by atoms with Crippen molar-refractivity contribution in [2.75, 3.05) is 32.1 Å². The average Bonchev–Trinajstić information content (AvgIpc) is 3.14. The fourth-order valence-electron chi connectivity index (χ4n) is 2.87. The zero-order valence-corrected chi connectivity index (χ0v) is 17.5. The van der Waals surface area contributed by atoms with E-state index in [0.29, 0.717) is 19.0 Å². The Morgan fingerprint density at radius 3 is 2.54 bits per heavy atom. The number of hydrogen-bond acceptors (Lipinski definition) is 4. The summed E-state index contributed by atoms with van der Waals surface area (Å²) < 4.78 is 1.19. The van der Waals surface area contributed by atoms with Crippen LogP contribution in [0.25, 0.3) is 10.1 Å². The van der Waals surface area contributed by atoms with E-state index in [1.54, 1.807) is 11.3 Å². The zero-order valence-electron chi connectivity index (χ0n) is 16.6. The van der Waals surface area contributed by atoms with Crippen LogP contribution in [-0.2, 0) is 6.54 Å². The highest BCUT2D eigenvalue weighted by atomic mass is 32.1. The summed E-state index contributed by atoms with van der Waals surface area (Å²) in [5.41, 5.74) is 2.32. The third-order valence-corrected chi connectivity index (χ3v) is 5.67. The Kier molecular flexibility index (Phi) is 6.90. The number of guanidine groups is 1. The van der Waals surface area contributed by atoms with E-state index in [9.17, 15) is 5.11 Å². The van der Waals surface area contributed by atoms with Crippen LogP contribution in [0.5, 0.6) is 0 Å². The first-order chi connectivity index (χ1) is 13.6. The Morgan fingerprint density at radius 1 is 1.11 bits per heavy atom. The molecule has 1 aromatic heterocycles. The van der Waals surface area contributed by atoms with Gasteiger partial charge in [-0.25, -0.2) is 4.99 Å². The van der Waals surface area contributed by atoms with Gasteiger partial charge in [0.1, 0.15) is 6.10 Å². The lowest BCUT2D eigenvalue weighted by atomic mass is 10.2. The molecule has 0 aliphatic rings. The minimum absolute atomic E-state index is 0.415. The molecule has 0 radical (unpaired) electrons. The number of thiophene rings is 1. The van der Waals surface area contributed by atoms with Crippen LogP contribution in [0.4, 0.5) is 5.69 Å². The van der Waals surface area contributed by atoms with Crippen LogP contribution in [0, 0.1) is 0 Å². The number of aliphatic hydroxyl groups excluding tert-OH is 1. The number of hydrogen-bond donors (Lipinski definition) is 3. The van der Waals surface area contributed by atoms with E-state index in [2.05, 4.69) is 63.0 Å². The lowest BCUT2D eigenvalue weighted by molar-refractivity contribution is 0.184. The predicted octanol–water partition coefficient (Wildman–Crippen LogP) is 3.76. The van der Waals surface area contributed by atoms with Crippen LogP contribution >= 0.6 is 11.3 Å². The summed E-state index contributed by atoms with van der Waals surface area (Å²) in [4.78, 5) is 7.68. The Balaban J connectivity index is 1.60. The second-order valence-electron chi connectivity index (χ2n) is 6.84. The van der Waals surface area contributed by atoms with E-state index in [4.69, 9.17) is 0 Å². The number of rotatable bonds is 7. The first-order valence-electron chi connectivity index (χ1n) is 9.52. The maximum absolute atomic E-state index is 10.6. The average molecular weight is 397 g/mol. The van der Waals surface area contributed by atoms with Crippen molar-refractivity contribution in [1.29, 1.82) is 0 Å². The summed E-state index contributed by atoms with van der Waals surface area (Å²) in [6, 6.07) is 18.6. The summed E-state index contributed by atoms with van der Waals surface area (Å²) in [5, 5.41) is 18.2. The molecule has 6 heteroatoms. The first-order valence-corrected chi connectivity index (χ1v) is 10.3. The predicted molar refractivity (Wildman–Crippen MR) is 120 cm³/mol. The molecule has 1 atom stereocenters. The van der Waals surface area contributed by atoms with Gasteiger partial charge in [-0.2, -0.15) is 0 Å². The van der Waals surface area contributed by atoms with E-state index in [0.717, 1.165) is 17.0 Å². The molecule has 1 heterocycles. The van der Waals surface area contributed by atoms with Gasteiger partial charge in [0, 0.05) is 42.4 Å². The van der Waals surface area contributed by atoms with Crippen LogP contribution in [-0.4, -0.2) is 38.3 Å². The van der Waals surface area contributed by atoms with Crippen molar-refractivity contribution in [3.8, 4) is 0 Å². The summed E-state index contributed by atoms with van der Waals surface area (Å²) in [6.07, 6.45) is -0.569. The maximum Gasteiger partial charge on any atom is 0.191 e. The van der Waals surface area contributed by atoms with Gasteiger partial charge in [-0.05, 0) is 42.1 Å². The van der Waals surface area contributed by atoms with Crippen molar-refractivity contribution in [2.45, 2.75) is 19.6 Å². The molecule has 0 aliphatic heterocycles. The summed E-state index contributed by atoms with van der Waals surface area (Å²) >= 11 is 1.63. The van der Waals surface area contributed by atoms with Gasteiger partial charge < -0.3 is 20.6 Å². The van der Waals surface area contributed by atoms with Gasteiger partial charge in [-0.3, -0.25) is 0 Å². The molecule has 0 spiro atoms. The Labute approximate surface area is 170 Å². The van der Waals surface area contributed by atoms with E-state index < -0.39 is 6.10 Å². The molecule has 28 heavy (non-hydrogen) atoms. The van der Waals surface area contributed by atoms with Gasteiger partial charge in [0.25, 0.3) is 0 Å². The van der Waals surface area contributed by atoms with Gasteiger partial charge in [-0.1, -0.05) is 30.3 Å². The number of nitrogens with zero attached hydrogens (tertiary/aromatic N) is 2. The van der Waals surface area contributed by atoms with Crippen molar-refractivity contribution in [3.63, 3.8) is 0 Å². The highest BCUT2D eigenvalue weighted by Gasteiger charge is 2.12. The number of aliphatic hydroxyl groups is 1. The highest BCUT2D eigenvalue weighted by Crippen LogP contribution is 2.29. The van der Waals surface area contributed by atoms with Gasteiger partial charge in [0.15, 0.2) is 5.96 Å². The van der Waals surface area contributed by atoms with Gasteiger partial charge in [0.2, 0.25) is 0 Å². The lowest BCUT2D eigenvalue weighted by Crippen LogP contribution is -2.39. The largest absolute Gasteiger partial charge is 0.386 e. The zero-order chi connectivity index (χ0) is 19.9. The summed E-state index contributed by atoms with van der Waals surface area (Å²) in [7, 11) is 4.06. The summed E-state index contributed by atoms with van der Waals surface area (Å²) in [6.45, 7) is 3.80. The first kappa shape index (κ1) is 20.2. The second kappa shape index (κ2) is 9.57. The van der Waals surface area contributed by atoms with Crippen molar-refractivity contribution < 1.29 is 5.11 Å². The normalized spacial score (nSPS) is 12.8. The fourth-order valence-corrected chi connectivity index (χ4v) is 3.92. The number of anilines is 1. The molecule has 2 aromatic carbocycles. The number of benzene rings is 2. The minimum Gasteiger partial charge on any atom is -0.386 e. The molecular formula is C22H28N4OS. The number of aliphatic imine (C=N–C) groups is 1. The van der Waals surface area contributed by atoms with Crippen LogP contribution < -0.4 is 15.5 Å². The molecule has 5 nitrogen and oxygen atoms in total. The molecule has 3 aromatic rings. The smallest absolute Gasteiger partial charge is 0.191 e. The molecule has 1 unspecified atom stereocenters. The number of nitrogens with one attached hydrogen (secondary N) is 2. The van der Waals surface area contributed by atoms with E-state index in [1.807, 2.05) is 33.2 Å². The Bertz CT molecular complexity index is 885. The van der Waals surface area contributed by atoms with Gasteiger partial charge in [0.05, 0.1) is 6.54 Å². The fraction of sp³-hybridized carbons (Fsp3) is 0.318. The molecular weight excluding hydrogens is 368 g/mol. The van der Waals surface area contributed by atoms with Crippen molar-refractivity contribution in [2.24, 2.45) is 4.99 Å². The lowest BCUT2D eigenvalue weighted by Gasteiger charge is -2.15. The molecule has 0 amide bonds. The molecule has 3 N–H and O–H groups in total. The number of fused-ring (bicyclic) bond motifs is 1. The van der Waals surface area contributed by atoms with Crippen molar-refractivity contribution >= 4 is 33.1 Å².